The van der Waals surface area contributed by atoms with E-state index in [1.807, 2.05) is 78.9 Å². The van der Waals surface area contributed by atoms with Gasteiger partial charge >= 0.3 is 0 Å². The smallest absolute Gasteiger partial charge is 0.266 e. The third-order valence-corrected chi connectivity index (χ3v) is 6.27. The van der Waals surface area contributed by atoms with Gasteiger partial charge in [0.2, 0.25) is 5.91 Å². The van der Waals surface area contributed by atoms with Crippen LogP contribution in [0.25, 0.3) is 0 Å². The van der Waals surface area contributed by atoms with E-state index in [4.69, 9.17) is 4.84 Å². The van der Waals surface area contributed by atoms with Crippen LogP contribution in [0.4, 0.5) is 11.4 Å². The molecule has 2 aliphatic rings. The van der Waals surface area contributed by atoms with E-state index >= 15 is 0 Å². The van der Waals surface area contributed by atoms with Crippen molar-refractivity contribution in [1.29, 1.82) is 0 Å². The topological polar surface area (TPSA) is 49.9 Å². The number of hydrogen-bond acceptors (Lipinski definition) is 4. The minimum atomic E-state index is -0.844. The summed E-state index contributed by atoms with van der Waals surface area (Å²) in [6, 6.07) is 26.4. The van der Waals surface area contributed by atoms with E-state index < -0.39 is 12.0 Å². The maximum absolute atomic E-state index is 13.5. The summed E-state index contributed by atoms with van der Waals surface area (Å²) in [6.45, 7) is 0. The molecule has 0 saturated carbocycles. The first-order chi connectivity index (χ1) is 14.2. The SMILES string of the molecule is O=C1[C@H]2[C@H](ON(c3ccccc3)[C@@H]2c2ccccc2)C(=O)N1c1ccccc1I. The molecule has 0 radical (unpaired) electrons. The number of carbonyl (C=O) groups excluding carboxylic acids is 2. The Balaban J connectivity index is 1.60. The number of rotatable bonds is 3. The second kappa shape index (κ2) is 7.27. The molecule has 3 atom stereocenters. The van der Waals surface area contributed by atoms with Gasteiger partial charge in [-0.3, -0.25) is 14.4 Å². The summed E-state index contributed by atoms with van der Waals surface area (Å²) in [5.41, 5.74) is 2.37. The maximum atomic E-state index is 13.5. The van der Waals surface area contributed by atoms with E-state index in [-0.39, 0.29) is 17.9 Å². The van der Waals surface area contributed by atoms with Gasteiger partial charge in [0.05, 0.1) is 17.4 Å². The van der Waals surface area contributed by atoms with Gasteiger partial charge in [0.15, 0.2) is 6.10 Å². The van der Waals surface area contributed by atoms with Crippen molar-refractivity contribution in [2.75, 3.05) is 9.96 Å². The van der Waals surface area contributed by atoms with E-state index in [1.165, 1.54) is 4.90 Å². The number of halogens is 1. The molecule has 0 bridgehead atoms. The zero-order chi connectivity index (χ0) is 20.0. The quantitative estimate of drug-likeness (QED) is 0.400. The fraction of sp³-hybridized carbons (Fsp3) is 0.130. The minimum absolute atomic E-state index is 0.226. The summed E-state index contributed by atoms with van der Waals surface area (Å²) >= 11 is 2.15. The van der Waals surface area contributed by atoms with E-state index in [1.54, 1.807) is 11.1 Å². The van der Waals surface area contributed by atoms with Gasteiger partial charge in [0.25, 0.3) is 5.91 Å². The number of imide groups is 1. The second-order valence-corrected chi connectivity index (χ2v) is 8.19. The lowest BCUT2D eigenvalue weighted by Crippen LogP contribution is -2.37. The molecule has 144 valence electrons. The maximum Gasteiger partial charge on any atom is 0.266 e. The Hall–Kier alpha value is -2.71. The molecule has 5 nitrogen and oxygen atoms in total. The lowest BCUT2D eigenvalue weighted by molar-refractivity contribution is -0.126. The van der Waals surface area contributed by atoms with Crippen molar-refractivity contribution in [2.45, 2.75) is 12.1 Å². The van der Waals surface area contributed by atoms with Crippen LogP contribution in [0.5, 0.6) is 0 Å². The van der Waals surface area contributed by atoms with Crippen molar-refractivity contribution >= 4 is 45.8 Å². The van der Waals surface area contributed by atoms with Crippen LogP contribution in [0.3, 0.4) is 0 Å². The molecule has 2 aliphatic heterocycles. The Morgan fingerprint density at radius 3 is 2.07 bits per heavy atom. The van der Waals surface area contributed by atoms with Gasteiger partial charge in [0, 0.05) is 3.57 Å². The Bertz CT molecular complexity index is 1070. The Kier molecular flexibility index (Phi) is 4.60. The lowest BCUT2D eigenvalue weighted by Gasteiger charge is -2.28. The molecule has 2 amide bonds. The summed E-state index contributed by atoms with van der Waals surface area (Å²) < 4.78 is 0.850. The molecule has 2 heterocycles. The van der Waals surface area contributed by atoms with Crippen LogP contribution >= 0.6 is 22.6 Å². The van der Waals surface area contributed by atoms with Crippen LogP contribution in [-0.2, 0) is 14.4 Å². The van der Waals surface area contributed by atoms with E-state index in [0.717, 1.165) is 14.8 Å². The fourth-order valence-electron chi connectivity index (χ4n) is 4.07. The molecule has 5 rings (SSSR count). The largest absolute Gasteiger partial charge is 0.273 e. The number of hydroxylamine groups is 1. The highest BCUT2D eigenvalue weighted by molar-refractivity contribution is 14.1. The first-order valence-corrected chi connectivity index (χ1v) is 10.4. The van der Waals surface area contributed by atoms with E-state index in [9.17, 15) is 9.59 Å². The lowest BCUT2D eigenvalue weighted by atomic mass is 9.90. The Morgan fingerprint density at radius 2 is 1.38 bits per heavy atom. The van der Waals surface area contributed by atoms with Crippen molar-refractivity contribution in [3.63, 3.8) is 0 Å². The van der Waals surface area contributed by atoms with Crippen LogP contribution in [0.2, 0.25) is 0 Å². The molecule has 6 heteroatoms. The van der Waals surface area contributed by atoms with Crippen LogP contribution in [-0.4, -0.2) is 17.9 Å². The molecule has 0 N–H and O–H groups in total. The highest BCUT2D eigenvalue weighted by Crippen LogP contribution is 2.47. The van der Waals surface area contributed by atoms with Crippen molar-refractivity contribution in [3.05, 3.63) is 94.1 Å². The van der Waals surface area contributed by atoms with Gasteiger partial charge in [-0.2, -0.15) is 0 Å². The van der Waals surface area contributed by atoms with Crippen molar-refractivity contribution in [1.82, 2.24) is 0 Å². The molecule has 29 heavy (non-hydrogen) atoms. The van der Waals surface area contributed by atoms with Crippen molar-refractivity contribution in [2.24, 2.45) is 5.92 Å². The first kappa shape index (κ1) is 18.3. The van der Waals surface area contributed by atoms with Gasteiger partial charge in [-0.25, -0.2) is 9.96 Å². The number of para-hydroxylation sites is 2. The number of hydrogen-bond donors (Lipinski definition) is 0. The highest BCUT2D eigenvalue weighted by atomic mass is 127. The van der Waals surface area contributed by atoms with Gasteiger partial charge < -0.3 is 0 Å². The molecule has 0 aromatic heterocycles. The summed E-state index contributed by atoms with van der Waals surface area (Å²) in [6.07, 6.45) is -0.844. The molecule has 3 aromatic carbocycles. The number of anilines is 2. The van der Waals surface area contributed by atoms with Crippen LogP contribution in [0.15, 0.2) is 84.9 Å². The van der Waals surface area contributed by atoms with Gasteiger partial charge in [0.1, 0.15) is 5.92 Å². The van der Waals surface area contributed by atoms with Crippen LogP contribution in [0, 0.1) is 9.49 Å². The number of benzene rings is 3. The fourth-order valence-corrected chi connectivity index (χ4v) is 4.70. The zero-order valence-electron chi connectivity index (χ0n) is 15.3. The van der Waals surface area contributed by atoms with Crippen molar-refractivity contribution in [3.8, 4) is 0 Å². The highest BCUT2D eigenvalue weighted by Gasteiger charge is 2.60. The molecule has 0 spiro atoms. The molecule has 2 fully saturated rings. The average Bonchev–Trinajstić information content (AvgIpc) is 3.26. The summed E-state index contributed by atoms with van der Waals surface area (Å²) in [4.78, 5) is 34.2. The normalized spacial score (nSPS) is 23.6. The molecular weight excluding hydrogens is 479 g/mol. The monoisotopic (exact) mass is 496 g/mol. The van der Waals surface area contributed by atoms with Crippen LogP contribution in [0.1, 0.15) is 11.6 Å². The molecule has 2 saturated heterocycles. The van der Waals surface area contributed by atoms with E-state index in [2.05, 4.69) is 22.6 Å². The number of carbonyl (C=O) groups is 2. The Morgan fingerprint density at radius 1 is 0.759 bits per heavy atom. The van der Waals surface area contributed by atoms with Gasteiger partial charge in [-0.15, -0.1) is 0 Å². The first-order valence-electron chi connectivity index (χ1n) is 9.35. The zero-order valence-corrected chi connectivity index (χ0v) is 17.5. The Labute approximate surface area is 182 Å². The van der Waals surface area contributed by atoms with Gasteiger partial charge in [-0.1, -0.05) is 60.7 Å². The second-order valence-electron chi connectivity index (χ2n) is 7.03. The third-order valence-electron chi connectivity index (χ3n) is 5.36. The molecule has 0 aliphatic carbocycles. The number of fused-ring (bicyclic) bond motifs is 1. The number of amides is 2. The predicted octanol–water partition coefficient (Wildman–Crippen LogP) is 4.34. The molecule has 0 unspecified atom stereocenters. The summed E-state index contributed by atoms with van der Waals surface area (Å²) in [7, 11) is 0. The average molecular weight is 496 g/mol. The molecule has 3 aromatic rings. The van der Waals surface area contributed by atoms with Gasteiger partial charge in [-0.05, 0) is 52.4 Å². The summed E-state index contributed by atoms with van der Waals surface area (Å²) in [5, 5.41) is 1.72. The standard InChI is InChI=1S/C23H17IN2O3/c24-17-13-7-8-14-18(17)25-22(27)19-20(15-9-3-1-4-10-15)26(29-21(19)23(25)28)16-11-5-2-6-12-16/h1-14,19-21H/t19-,20-,21+/m1/s1. The molecular formula is C23H17IN2O3. The van der Waals surface area contributed by atoms with Crippen molar-refractivity contribution < 1.29 is 14.4 Å². The predicted molar refractivity (Wildman–Crippen MR) is 118 cm³/mol. The number of nitrogens with zero attached hydrogens (tertiary/aromatic N) is 2. The third kappa shape index (κ3) is 2.94. The van der Waals surface area contributed by atoms with E-state index in [0.29, 0.717) is 5.69 Å². The summed E-state index contributed by atoms with van der Waals surface area (Å²) in [5.74, 6) is -1.15. The minimum Gasteiger partial charge on any atom is -0.273 e. The van der Waals surface area contributed by atoms with Crippen LogP contribution < -0.4 is 9.96 Å².